The lowest BCUT2D eigenvalue weighted by Crippen LogP contribution is -2.07. The first-order valence-electron chi connectivity index (χ1n) is 6.58. The summed E-state index contributed by atoms with van der Waals surface area (Å²) >= 11 is 1.61. The number of fused-ring (bicyclic) bond motifs is 1. The van der Waals surface area contributed by atoms with Gasteiger partial charge in [0.15, 0.2) is 5.16 Å². The summed E-state index contributed by atoms with van der Waals surface area (Å²) in [4.78, 5) is 9.22. The molecule has 2 aromatic rings. The second kappa shape index (κ2) is 5.61. The highest BCUT2D eigenvalue weighted by molar-refractivity contribution is 7.98. The Morgan fingerprint density at radius 1 is 1.16 bits per heavy atom. The molecule has 1 aliphatic rings. The van der Waals surface area contributed by atoms with Crippen LogP contribution in [0.4, 0.5) is 5.82 Å². The smallest absolute Gasteiger partial charge is 0.189 e. The third-order valence-corrected chi connectivity index (χ3v) is 3.95. The van der Waals surface area contributed by atoms with Crippen molar-refractivity contribution in [2.45, 2.75) is 31.0 Å². The molecule has 1 heterocycles. The van der Waals surface area contributed by atoms with Crippen molar-refractivity contribution in [3.05, 3.63) is 47.2 Å². The zero-order valence-electron chi connectivity index (χ0n) is 11.0. The molecule has 0 aliphatic heterocycles. The van der Waals surface area contributed by atoms with Crippen LogP contribution in [0.25, 0.3) is 0 Å². The monoisotopic (exact) mass is 271 g/mol. The van der Waals surface area contributed by atoms with Gasteiger partial charge in [0.25, 0.3) is 0 Å². The Kier molecular flexibility index (Phi) is 3.69. The quantitative estimate of drug-likeness (QED) is 0.684. The predicted molar refractivity (Wildman–Crippen MR) is 79.6 cm³/mol. The van der Waals surface area contributed by atoms with Gasteiger partial charge in [0.2, 0.25) is 0 Å². The van der Waals surface area contributed by atoms with Gasteiger partial charge in [0.1, 0.15) is 5.82 Å². The van der Waals surface area contributed by atoms with Crippen LogP contribution in [-0.4, -0.2) is 16.2 Å². The Morgan fingerprint density at radius 3 is 2.79 bits per heavy atom. The summed E-state index contributed by atoms with van der Waals surface area (Å²) in [6, 6.07) is 10.4. The fraction of sp³-hybridized carbons (Fsp3) is 0.333. The molecule has 3 nitrogen and oxygen atoms in total. The van der Waals surface area contributed by atoms with E-state index in [2.05, 4.69) is 39.6 Å². The van der Waals surface area contributed by atoms with Crippen LogP contribution < -0.4 is 5.32 Å². The lowest BCUT2D eigenvalue weighted by atomic mass is 10.2. The molecular weight excluding hydrogens is 254 g/mol. The second-order valence-corrected chi connectivity index (χ2v) is 5.45. The molecule has 0 saturated heterocycles. The van der Waals surface area contributed by atoms with E-state index in [1.165, 1.54) is 23.2 Å². The number of nitrogens with one attached hydrogen (secondary N) is 1. The van der Waals surface area contributed by atoms with E-state index >= 15 is 0 Å². The van der Waals surface area contributed by atoms with E-state index in [1.807, 2.05) is 12.3 Å². The van der Waals surface area contributed by atoms with E-state index < -0.39 is 0 Å². The fourth-order valence-electron chi connectivity index (χ4n) is 2.43. The van der Waals surface area contributed by atoms with E-state index in [-0.39, 0.29) is 0 Å². The molecule has 1 aromatic carbocycles. The first-order valence-corrected chi connectivity index (χ1v) is 7.81. The SMILES string of the molecule is CSc1nc2c(c(NCc3ccccc3)n1)CCC2. The third kappa shape index (κ3) is 2.73. The van der Waals surface area contributed by atoms with E-state index in [9.17, 15) is 0 Å². The maximum Gasteiger partial charge on any atom is 0.189 e. The van der Waals surface area contributed by atoms with Gasteiger partial charge in [-0.3, -0.25) is 0 Å². The zero-order chi connectivity index (χ0) is 13.1. The molecule has 0 atom stereocenters. The van der Waals surface area contributed by atoms with Crippen molar-refractivity contribution in [3.63, 3.8) is 0 Å². The maximum atomic E-state index is 4.62. The van der Waals surface area contributed by atoms with Gasteiger partial charge in [0, 0.05) is 12.1 Å². The topological polar surface area (TPSA) is 37.8 Å². The highest BCUT2D eigenvalue weighted by Gasteiger charge is 2.18. The van der Waals surface area contributed by atoms with Crippen molar-refractivity contribution in [1.29, 1.82) is 0 Å². The summed E-state index contributed by atoms with van der Waals surface area (Å²) < 4.78 is 0. The van der Waals surface area contributed by atoms with Crippen LogP contribution >= 0.6 is 11.8 Å². The van der Waals surface area contributed by atoms with Crippen LogP contribution in [0.5, 0.6) is 0 Å². The molecular formula is C15H17N3S. The average molecular weight is 271 g/mol. The van der Waals surface area contributed by atoms with Crippen LogP contribution in [-0.2, 0) is 19.4 Å². The molecule has 1 aliphatic carbocycles. The van der Waals surface area contributed by atoms with E-state index in [0.717, 1.165) is 30.4 Å². The van der Waals surface area contributed by atoms with Gasteiger partial charge in [-0.25, -0.2) is 9.97 Å². The highest BCUT2D eigenvalue weighted by atomic mass is 32.2. The zero-order valence-corrected chi connectivity index (χ0v) is 11.8. The average Bonchev–Trinajstić information content (AvgIpc) is 2.94. The van der Waals surface area contributed by atoms with Crippen LogP contribution in [0, 0.1) is 0 Å². The molecule has 98 valence electrons. The van der Waals surface area contributed by atoms with E-state index in [0.29, 0.717) is 0 Å². The van der Waals surface area contributed by atoms with Gasteiger partial charge in [-0.05, 0) is 31.1 Å². The molecule has 0 saturated carbocycles. The number of anilines is 1. The Balaban J connectivity index is 1.82. The lowest BCUT2D eigenvalue weighted by Gasteiger charge is -2.11. The number of benzene rings is 1. The Labute approximate surface area is 117 Å². The first-order chi connectivity index (χ1) is 9.36. The minimum absolute atomic E-state index is 0.818. The number of hydrogen-bond donors (Lipinski definition) is 1. The molecule has 3 rings (SSSR count). The predicted octanol–water partition coefficient (Wildman–Crippen LogP) is 3.30. The second-order valence-electron chi connectivity index (χ2n) is 4.68. The highest BCUT2D eigenvalue weighted by Crippen LogP contribution is 2.28. The minimum Gasteiger partial charge on any atom is -0.366 e. The van der Waals surface area contributed by atoms with Crippen molar-refractivity contribution >= 4 is 17.6 Å². The molecule has 0 spiro atoms. The molecule has 19 heavy (non-hydrogen) atoms. The molecule has 4 heteroatoms. The number of nitrogens with zero attached hydrogens (tertiary/aromatic N) is 2. The summed E-state index contributed by atoms with van der Waals surface area (Å²) in [6.45, 7) is 0.818. The largest absolute Gasteiger partial charge is 0.366 e. The lowest BCUT2D eigenvalue weighted by molar-refractivity contribution is 0.877. The summed E-state index contributed by atoms with van der Waals surface area (Å²) in [5, 5.41) is 4.34. The summed E-state index contributed by atoms with van der Waals surface area (Å²) in [6.07, 6.45) is 5.41. The van der Waals surface area contributed by atoms with Crippen LogP contribution in [0.2, 0.25) is 0 Å². The van der Waals surface area contributed by atoms with Gasteiger partial charge in [0.05, 0.1) is 5.69 Å². The first kappa shape index (κ1) is 12.5. The molecule has 1 aromatic heterocycles. The Bertz CT molecular complexity index is 569. The Morgan fingerprint density at radius 2 is 2.00 bits per heavy atom. The van der Waals surface area contributed by atoms with E-state index in [1.54, 1.807) is 11.8 Å². The van der Waals surface area contributed by atoms with Crippen molar-refractivity contribution < 1.29 is 0 Å². The van der Waals surface area contributed by atoms with Crippen molar-refractivity contribution in [2.24, 2.45) is 0 Å². The number of aryl methyl sites for hydroxylation is 1. The normalized spacial score (nSPS) is 13.3. The molecule has 0 amide bonds. The number of rotatable bonds is 4. The molecule has 1 N–H and O–H groups in total. The van der Waals surface area contributed by atoms with Gasteiger partial charge in [-0.2, -0.15) is 0 Å². The summed E-state index contributed by atoms with van der Waals surface area (Å²) in [5.41, 5.74) is 3.82. The Hall–Kier alpha value is -1.55. The van der Waals surface area contributed by atoms with E-state index in [4.69, 9.17) is 0 Å². The summed E-state index contributed by atoms with van der Waals surface area (Å²) in [5.74, 6) is 1.02. The maximum absolute atomic E-state index is 4.62. The minimum atomic E-state index is 0.818. The number of thioether (sulfide) groups is 1. The van der Waals surface area contributed by atoms with Crippen molar-refractivity contribution in [1.82, 2.24) is 9.97 Å². The standard InChI is InChI=1S/C15H17N3S/c1-19-15-17-13-9-5-8-12(13)14(18-15)16-10-11-6-3-2-4-7-11/h2-4,6-7H,5,8-10H2,1H3,(H,16,17,18). The molecule has 0 unspecified atom stereocenters. The van der Waals surface area contributed by atoms with Gasteiger partial charge in [-0.15, -0.1) is 0 Å². The van der Waals surface area contributed by atoms with Crippen molar-refractivity contribution in [3.8, 4) is 0 Å². The fourth-order valence-corrected chi connectivity index (χ4v) is 2.81. The number of aromatic nitrogens is 2. The third-order valence-electron chi connectivity index (χ3n) is 3.40. The van der Waals surface area contributed by atoms with Crippen LogP contribution in [0.1, 0.15) is 23.2 Å². The van der Waals surface area contributed by atoms with Gasteiger partial charge >= 0.3 is 0 Å². The molecule has 0 radical (unpaired) electrons. The number of hydrogen-bond acceptors (Lipinski definition) is 4. The van der Waals surface area contributed by atoms with Gasteiger partial charge < -0.3 is 5.32 Å². The summed E-state index contributed by atoms with van der Waals surface area (Å²) in [7, 11) is 0. The van der Waals surface area contributed by atoms with Gasteiger partial charge in [-0.1, -0.05) is 42.1 Å². The van der Waals surface area contributed by atoms with Crippen LogP contribution in [0.15, 0.2) is 35.5 Å². The van der Waals surface area contributed by atoms with Crippen LogP contribution in [0.3, 0.4) is 0 Å². The molecule has 0 fully saturated rings. The van der Waals surface area contributed by atoms with Crippen molar-refractivity contribution in [2.75, 3.05) is 11.6 Å². The molecule has 0 bridgehead atoms.